The van der Waals surface area contributed by atoms with Crippen LogP contribution in [0.25, 0.3) is 0 Å². The lowest BCUT2D eigenvalue weighted by Gasteiger charge is -2.23. The summed E-state index contributed by atoms with van der Waals surface area (Å²) >= 11 is 0. The zero-order valence-electron chi connectivity index (χ0n) is 8.87. The van der Waals surface area contributed by atoms with Crippen LogP contribution in [-0.4, -0.2) is 8.32 Å². The highest BCUT2D eigenvalue weighted by Crippen LogP contribution is 2.20. The number of hydrogen-bond acceptors (Lipinski definition) is 1. The van der Waals surface area contributed by atoms with Gasteiger partial charge < -0.3 is 4.43 Å². The molecule has 72 valence electrons. The summed E-state index contributed by atoms with van der Waals surface area (Å²) in [6, 6.07) is 10.4. The van der Waals surface area contributed by atoms with Crippen LogP contribution in [0.5, 0.6) is 0 Å². The van der Waals surface area contributed by atoms with Crippen molar-refractivity contribution in [3.8, 4) is 0 Å². The van der Waals surface area contributed by atoms with Crippen molar-refractivity contribution >= 4 is 8.32 Å². The summed E-state index contributed by atoms with van der Waals surface area (Å²) in [7, 11) is -1.40. The van der Waals surface area contributed by atoms with Crippen molar-refractivity contribution in [3.63, 3.8) is 0 Å². The zero-order chi connectivity index (χ0) is 9.90. The van der Waals surface area contributed by atoms with E-state index in [1.807, 2.05) is 6.07 Å². The number of rotatable bonds is 3. The molecule has 0 N–H and O–H groups in total. The van der Waals surface area contributed by atoms with Crippen LogP contribution in [-0.2, 0) is 4.43 Å². The van der Waals surface area contributed by atoms with Gasteiger partial charge in [0.2, 0.25) is 0 Å². The summed E-state index contributed by atoms with van der Waals surface area (Å²) in [5.74, 6) is 0. The molecule has 0 saturated heterocycles. The first-order valence-electron chi connectivity index (χ1n) is 4.72. The summed E-state index contributed by atoms with van der Waals surface area (Å²) in [6.45, 7) is 8.76. The molecule has 1 atom stereocenters. The fourth-order valence-electron chi connectivity index (χ4n) is 1.32. The molecule has 0 radical (unpaired) electrons. The topological polar surface area (TPSA) is 9.23 Å². The average molecular weight is 194 g/mol. The molecule has 0 spiro atoms. The molecule has 0 aromatic heterocycles. The second-order valence-electron chi connectivity index (χ2n) is 4.28. The van der Waals surface area contributed by atoms with E-state index in [2.05, 4.69) is 50.8 Å². The SMILES string of the molecule is CC(O[Si](C)(C)C)c1ccccc1. The van der Waals surface area contributed by atoms with Crippen LogP contribution in [0.3, 0.4) is 0 Å². The fourth-order valence-corrected chi connectivity index (χ4v) is 2.52. The normalized spacial score (nSPS) is 14.2. The van der Waals surface area contributed by atoms with Crippen LogP contribution in [0.2, 0.25) is 19.6 Å². The maximum atomic E-state index is 5.96. The molecular formula is C11H18OSi. The van der Waals surface area contributed by atoms with E-state index in [-0.39, 0.29) is 6.10 Å². The van der Waals surface area contributed by atoms with Crippen molar-refractivity contribution in [2.24, 2.45) is 0 Å². The van der Waals surface area contributed by atoms with Gasteiger partial charge in [-0.1, -0.05) is 30.3 Å². The molecule has 0 aliphatic rings. The Hall–Kier alpha value is -0.603. The van der Waals surface area contributed by atoms with Gasteiger partial charge in [-0.15, -0.1) is 0 Å². The molecule has 0 saturated carbocycles. The minimum Gasteiger partial charge on any atom is -0.411 e. The van der Waals surface area contributed by atoms with E-state index >= 15 is 0 Å². The van der Waals surface area contributed by atoms with Crippen LogP contribution < -0.4 is 0 Å². The molecule has 1 aromatic rings. The standard InChI is InChI=1S/C11H18OSi/c1-10(12-13(2,3)4)11-8-6-5-7-9-11/h5-10H,1-4H3. The van der Waals surface area contributed by atoms with Crippen LogP contribution >= 0.6 is 0 Å². The third-order valence-electron chi connectivity index (χ3n) is 1.80. The van der Waals surface area contributed by atoms with E-state index in [1.54, 1.807) is 0 Å². The van der Waals surface area contributed by atoms with Gasteiger partial charge in [0.1, 0.15) is 0 Å². The second-order valence-corrected chi connectivity index (χ2v) is 8.74. The first-order chi connectivity index (χ1) is 5.99. The van der Waals surface area contributed by atoms with Gasteiger partial charge >= 0.3 is 0 Å². The summed E-state index contributed by atoms with van der Waals surface area (Å²) in [4.78, 5) is 0. The lowest BCUT2D eigenvalue weighted by molar-refractivity contribution is 0.219. The van der Waals surface area contributed by atoms with Gasteiger partial charge in [-0.3, -0.25) is 0 Å². The molecule has 0 aliphatic carbocycles. The van der Waals surface area contributed by atoms with Gasteiger partial charge in [0, 0.05) is 0 Å². The minimum absolute atomic E-state index is 0.230. The van der Waals surface area contributed by atoms with Gasteiger partial charge in [0.15, 0.2) is 8.32 Å². The first-order valence-corrected chi connectivity index (χ1v) is 8.12. The summed E-state index contributed by atoms with van der Waals surface area (Å²) in [5.41, 5.74) is 1.27. The number of hydrogen-bond donors (Lipinski definition) is 0. The maximum Gasteiger partial charge on any atom is 0.184 e. The monoisotopic (exact) mass is 194 g/mol. The highest BCUT2D eigenvalue weighted by Gasteiger charge is 2.18. The minimum atomic E-state index is -1.40. The van der Waals surface area contributed by atoms with E-state index in [9.17, 15) is 0 Å². The van der Waals surface area contributed by atoms with Crippen LogP contribution in [0.15, 0.2) is 30.3 Å². The highest BCUT2D eigenvalue weighted by molar-refractivity contribution is 6.69. The Morgan fingerprint density at radius 1 is 1.08 bits per heavy atom. The van der Waals surface area contributed by atoms with E-state index in [0.717, 1.165) is 0 Å². The molecular weight excluding hydrogens is 176 g/mol. The van der Waals surface area contributed by atoms with Crippen molar-refractivity contribution in [1.82, 2.24) is 0 Å². The molecule has 0 bridgehead atoms. The Balaban J connectivity index is 2.64. The third kappa shape index (κ3) is 3.74. The Kier molecular flexibility index (Phi) is 3.28. The molecule has 0 fully saturated rings. The predicted molar refractivity (Wildman–Crippen MR) is 59.3 cm³/mol. The van der Waals surface area contributed by atoms with E-state index in [0.29, 0.717) is 0 Å². The predicted octanol–water partition coefficient (Wildman–Crippen LogP) is 3.60. The van der Waals surface area contributed by atoms with E-state index in [1.165, 1.54) is 5.56 Å². The fraction of sp³-hybridized carbons (Fsp3) is 0.455. The molecule has 0 amide bonds. The van der Waals surface area contributed by atoms with Crippen molar-refractivity contribution in [1.29, 1.82) is 0 Å². The lowest BCUT2D eigenvalue weighted by Crippen LogP contribution is -2.26. The van der Waals surface area contributed by atoms with Crippen LogP contribution in [0.4, 0.5) is 0 Å². The Morgan fingerprint density at radius 2 is 1.62 bits per heavy atom. The van der Waals surface area contributed by atoms with Crippen molar-refractivity contribution in [3.05, 3.63) is 35.9 Å². The van der Waals surface area contributed by atoms with Crippen molar-refractivity contribution < 1.29 is 4.43 Å². The third-order valence-corrected chi connectivity index (χ3v) is 2.86. The van der Waals surface area contributed by atoms with Crippen molar-refractivity contribution in [2.45, 2.75) is 32.7 Å². The van der Waals surface area contributed by atoms with Gasteiger partial charge in [-0.25, -0.2) is 0 Å². The lowest BCUT2D eigenvalue weighted by atomic mass is 10.1. The molecule has 13 heavy (non-hydrogen) atoms. The maximum absolute atomic E-state index is 5.96. The van der Waals surface area contributed by atoms with Crippen LogP contribution in [0, 0.1) is 0 Å². The Labute approximate surface area is 81.9 Å². The molecule has 0 heterocycles. The van der Waals surface area contributed by atoms with Gasteiger partial charge in [-0.05, 0) is 32.1 Å². The largest absolute Gasteiger partial charge is 0.411 e. The van der Waals surface area contributed by atoms with Gasteiger partial charge in [0.25, 0.3) is 0 Å². The molecule has 2 heteroatoms. The van der Waals surface area contributed by atoms with Crippen LogP contribution in [0.1, 0.15) is 18.6 Å². The molecule has 1 aromatic carbocycles. The molecule has 1 rings (SSSR count). The quantitative estimate of drug-likeness (QED) is 0.668. The number of benzene rings is 1. The molecule has 1 nitrogen and oxygen atoms in total. The average Bonchev–Trinajstić information content (AvgIpc) is 2.03. The summed E-state index contributed by atoms with van der Waals surface area (Å²) in [6.07, 6.45) is 0.230. The van der Waals surface area contributed by atoms with E-state index < -0.39 is 8.32 Å². The zero-order valence-corrected chi connectivity index (χ0v) is 9.87. The molecule has 1 unspecified atom stereocenters. The smallest absolute Gasteiger partial charge is 0.184 e. The first kappa shape index (κ1) is 10.5. The summed E-state index contributed by atoms with van der Waals surface area (Å²) in [5, 5.41) is 0. The molecule has 0 aliphatic heterocycles. The van der Waals surface area contributed by atoms with Crippen molar-refractivity contribution in [2.75, 3.05) is 0 Å². The Bertz CT molecular complexity index is 251. The van der Waals surface area contributed by atoms with E-state index in [4.69, 9.17) is 4.43 Å². The van der Waals surface area contributed by atoms with Gasteiger partial charge in [0.05, 0.1) is 6.10 Å². The highest BCUT2D eigenvalue weighted by atomic mass is 28.4. The second kappa shape index (κ2) is 4.07. The Morgan fingerprint density at radius 3 is 2.08 bits per heavy atom. The van der Waals surface area contributed by atoms with Gasteiger partial charge in [-0.2, -0.15) is 0 Å². The summed E-state index contributed by atoms with van der Waals surface area (Å²) < 4.78 is 5.96.